The first kappa shape index (κ1) is 30.3. The number of hydrogen-bond acceptors (Lipinski definition) is 8. The van der Waals surface area contributed by atoms with Crippen LogP contribution < -0.4 is 20.1 Å². The highest BCUT2D eigenvalue weighted by Crippen LogP contribution is 2.31. The van der Waals surface area contributed by atoms with Crippen molar-refractivity contribution in [2.24, 2.45) is 0 Å². The Morgan fingerprint density at radius 2 is 0.976 bits per heavy atom. The van der Waals surface area contributed by atoms with E-state index < -0.39 is 0 Å². The van der Waals surface area contributed by atoms with Crippen molar-refractivity contribution in [2.75, 3.05) is 26.3 Å². The third-order valence-corrected chi connectivity index (χ3v) is 6.69. The molecule has 0 radical (unpaired) electrons. The van der Waals surface area contributed by atoms with Crippen molar-refractivity contribution in [2.45, 2.75) is 26.3 Å². The molecule has 8 heteroatoms. The summed E-state index contributed by atoms with van der Waals surface area (Å²) in [5.41, 5.74) is 5.86. The van der Waals surface area contributed by atoms with Crippen LogP contribution in [0.15, 0.2) is 84.9 Å². The van der Waals surface area contributed by atoms with Crippen LogP contribution in [-0.4, -0.2) is 36.5 Å². The second kappa shape index (κ2) is 15.9. The van der Waals surface area contributed by atoms with E-state index in [1.54, 1.807) is 0 Å². The van der Waals surface area contributed by atoms with Crippen LogP contribution in [0.1, 0.15) is 33.4 Å². The fraction of sp³-hybridized carbons (Fsp3) is 0.235. The average molecular weight is 563 g/mol. The van der Waals surface area contributed by atoms with Crippen molar-refractivity contribution in [3.63, 3.8) is 0 Å². The quantitative estimate of drug-likeness (QED) is 0.157. The van der Waals surface area contributed by atoms with Gasteiger partial charge in [-0.05, 0) is 35.4 Å². The first-order chi connectivity index (χ1) is 20.7. The van der Waals surface area contributed by atoms with Crippen molar-refractivity contribution in [3.8, 4) is 34.8 Å². The molecule has 0 saturated carbocycles. The molecule has 0 atom stereocenters. The summed E-state index contributed by atoms with van der Waals surface area (Å²) in [4.78, 5) is 0. The van der Waals surface area contributed by atoms with Gasteiger partial charge in [-0.1, -0.05) is 60.7 Å². The third-order valence-electron chi connectivity index (χ3n) is 6.69. The summed E-state index contributed by atoms with van der Waals surface area (Å²) in [6, 6.07) is 31.1. The summed E-state index contributed by atoms with van der Waals surface area (Å²) >= 11 is 0. The zero-order chi connectivity index (χ0) is 29.6. The lowest BCUT2D eigenvalue weighted by Crippen LogP contribution is -2.17. The lowest BCUT2D eigenvalue weighted by Gasteiger charge is -2.15. The van der Waals surface area contributed by atoms with E-state index in [1.165, 1.54) is 0 Å². The average Bonchev–Trinajstić information content (AvgIpc) is 3.03. The van der Waals surface area contributed by atoms with E-state index in [-0.39, 0.29) is 26.4 Å². The zero-order valence-corrected chi connectivity index (χ0v) is 23.3. The molecule has 0 unspecified atom stereocenters. The molecule has 0 aromatic heterocycles. The highest BCUT2D eigenvalue weighted by molar-refractivity contribution is 5.78. The maximum Gasteiger partial charge on any atom is 0.119 e. The van der Waals surface area contributed by atoms with Gasteiger partial charge in [-0.2, -0.15) is 10.5 Å². The molecule has 4 rings (SSSR count). The minimum absolute atomic E-state index is 0.0931. The molecule has 214 valence electrons. The molecule has 0 aliphatic rings. The number of rotatable bonds is 15. The summed E-state index contributed by atoms with van der Waals surface area (Å²) in [5.74, 6) is 1.36. The third kappa shape index (κ3) is 8.17. The highest BCUT2D eigenvalue weighted by atomic mass is 16.5. The van der Waals surface area contributed by atoms with Crippen LogP contribution in [0.25, 0.3) is 11.1 Å². The molecule has 0 bridgehead atoms. The lowest BCUT2D eigenvalue weighted by molar-refractivity contribution is 0.291. The van der Waals surface area contributed by atoms with Crippen LogP contribution in [0.5, 0.6) is 11.5 Å². The number of aliphatic hydroxyl groups is 2. The Bertz CT molecular complexity index is 1410. The van der Waals surface area contributed by atoms with Crippen LogP contribution in [0, 0.1) is 22.7 Å². The number of nitrogens with zero attached hydrogens (tertiary/aromatic N) is 2. The van der Waals surface area contributed by atoms with E-state index in [0.717, 1.165) is 22.3 Å². The van der Waals surface area contributed by atoms with Crippen molar-refractivity contribution in [1.82, 2.24) is 10.6 Å². The van der Waals surface area contributed by atoms with Crippen LogP contribution in [0.3, 0.4) is 0 Å². The summed E-state index contributed by atoms with van der Waals surface area (Å²) in [6.45, 7) is 2.98. The zero-order valence-electron chi connectivity index (χ0n) is 23.3. The van der Waals surface area contributed by atoms with Gasteiger partial charge in [0.1, 0.15) is 36.9 Å². The molecule has 0 fully saturated rings. The monoisotopic (exact) mass is 562 g/mol. The number of ether oxygens (including phenoxy) is 2. The van der Waals surface area contributed by atoms with Crippen molar-refractivity contribution in [3.05, 3.63) is 118 Å². The Morgan fingerprint density at radius 1 is 0.571 bits per heavy atom. The molecule has 0 spiro atoms. The molecular formula is C34H34N4O4. The van der Waals surface area contributed by atoms with Gasteiger partial charge in [-0.25, -0.2) is 0 Å². The molecule has 8 nitrogen and oxygen atoms in total. The molecular weight excluding hydrogens is 528 g/mol. The van der Waals surface area contributed by atoms with Crippen LogP contribution in [0.4, 0.5) is 0 Å². The van der Waals surface area contributed by atoms with Crippen LogP contribution >= 0.6 is 0 Å². The first-order valence-corrected chi connectivity index (χ1v) is 13.8. The van der Waals surface area contributed by atoms with E-state index in [9.17, 15) is 10.5 Å². The van der Waals surface area contributed by atoms with E-state index in [1.807, 2.05) is 84.9 Å². The van der Waals surface area contributed by atoms with Crippen LogP contribution in [-0.2, 0) is 26.3 Å². The predicted octanol–water partition coefficient (Wildman–Crippen LogP) is 4.42. The second-order valence-electron chi connectivity index (χ2n) is 9.57. The van der Waals surface area contributed by atoms with Gasteiger partial charge in [0.05, 0.1) is 24.3 Å². The molecule has 0 heterocycles. The van der Waals surface area contributed by atoms with E-state index in [0.29, 0.717) is 59.9 Å². The molecule has 0 amide bonds. The largest absolute Gasteiger partial charge is 0.489 e. The Morgan fingerprint density at radius 3 is 1.33 bits per heavy atom. The first-order valence-electron chi connectivity index (χ1n) is 13.8. The fourth-order valence-electron chi connectivity index (χ4n) is 4.51. The molecule has 0 aliphatic carbocycles. The summed E-state index contributed by atoms with van der Waals surface area (Å²) in [5, 5.41) is 44.3. The SMILES string of the molecule is N#Cc1c(COc2ccc(CNCCO)cc2)cccc1-c1cccc(COc2ccc(CNCCO)cc2)c1C#N. The van der Waals surface area contributed by atoms with Gasteiger partial charge in [0.25, 0.3) is 0 Å². The Hall–Kier alpha value is -4.70. The van der Waals surface area contributed by atoms with E-state index >= 15 is 0 Å². The normalized spacial score (nSPS) is 10.6. The van der Waals surface area contributed by atoms with Crippen molar-refractivity contribution >= 4 is 0 Å². The number of nitrogens with one attached hydrogen (secondary N) is 2. The molecule has 4 aromatic rings. The maximum atomic E-state index is 10.1. The predicted molar refractivity (Wildman–Crippen MR) is 160 cm³/mol. The fourth-order valence-corrected chi connectivity index (χ4v) is 4.51. The van der Waals surface area contributed by atoms with E-state index in [4.69, 9.17) is 19.7 Å². The van der Waals surface area contributed by atoms with Gasteiger partial charge >= 0.3 is 0 Å². The Balaban J connectivity index is 1.47. The second-order valence-corrected chi connectivity index (χ2v) is 9.57. The smallest absolute Gasteiger partial charge is 0.119 e. The summed E-state index contributed by atoms with van der Waals surface area (Å²) in [7, 11) is 0. The number of nitriles is 2. The van der Waals surface area contributed by atoms with Gasteiger partial charge in [0.15, 0.2) is 0 Å². The topological polar surface area (TPSA) is 131 Å². The van der Waals surface area contributed by atoms with Gasteiger partial charge < -0.3 is 30.3 Å². The lowest BCUT2D eigenvalue weighted by atomic mass is 9.91. The minimum Gasteiger partial charge on any atom is -0.489 e. The molecule has 42 heavy (non-hydrogen) atoms. The molecule has 4 aromatic carbocycles. The van der Waals surface area contributed by atoms with E-state index in [2.05, 4.69) is 22.8 Å². The van der Waals surface area contributed by atoms with Gasteiger partial charge in [0, 0.05) is 48.4 Å². The van der Waals surface area contributed by atoms with Crippen LogP contribution in [0.2, 0.25) is 0 Å². The molecule has 0 saturated heterocycles. The maximum absolute atomic E-state index is 10.1. The summed E-state index contributed by atoms with van der Waals surface area (Å²) < 4.78 is 12.0. The number of aliphatic hydroxyl groups excluding tert-OH is 2. The number of benzene rings is 4. The number of hydrogen-bond donors (Lipinski definition) is 4. The Labute approximate surface area is 246 Å². The minimum atomic E-state index is 0.0931. The van der Waals surface area contributed by atoms with Crippen molar-refractivity contribution < 1.29 is 19.7 Å². The van der Waals surface area contributed by atoms with Gasteiger partial charge in [-0.15, -0.1) is 0 Å². The standard InChI is InChI=1S/C34H34N4O4/c35-19-33-27(23-41-29-11-7-25(8-12-29)21-37-15-17-39)3-1-5-31(33)32-6-2-4-28(34(32)20-36)24-42-30-13-9-26(10-14-30)22-38-16-18-40/h1-14,37-40H,15-18,21-24H2. The highest BCUT2D eigenvalue weighted by Gasteiger charge is 2.16. The van der Waals surface area contributed by atoms with Crippen molar-refractivity contribution in [1.29, 1.82) is 10.5 Å². The molecule has 0 aliphatic heterocycles. The van der Waals surface area contributed by atoms with Gasteiger partial charge in [0.2, 0.25) is 0 Å². The molecule has 4 N–H and O–H groups in total. The summed E-state index contributed by atoms with van der Waals surface area (Å²) in [6.07, 6.45) is 0. The van der Waals surface area contributed by atoms with Gasteiger partial charge in [-0.3, -0.25) is 0 Å². The Kier molecular flexibility index (Phi) is 11.5.